The number of ether oxygens (including phenoxy) is 1. The monoisotopic (exact) mass is 371 g/mol. The van der Waals surface area contributed by atoms with Gasteiger partial charge in [-0.2, -0.15) is 0 Å². The number of halogens is 2. The molecule has 1 amide bonds. The van der Waals surface area contributed by atoms with Crippen LogP contribution < -0.4 is 5.32 Å². The molecular weight excluding hydrogens is 361 g/mol. The predicted molar refractivity (Wildman–Crippen MR) is 82.1 cm³/mol. The molecule has 0 spiro atoms. The van der Waals surface area contributed by atoms with E-state index in [0.717, 1.165) is 0 Å². The van der Waals surface area contributed by atoms with Crippen LogP contribution in [0.3, 0.4) is 0 Å². The van der Waals surface area contributed by atoms with Gasteiger partial charge in [-0.15, -0.1) is 11.3 Å². The van der Waals surface area contributed by atoms with Gasteiger partial charge in [0.1, 0.15) is 10.8 Å². The summed E-state index contributed by atoms with van der Waals surface area (Å²) in [7, 11) is 1.27. The Labute approximate surface area is 133 Å². The van der Waals surface area contributed by atoms with Gasteiger partial charge >= 0.3 is 5.97 Å². The quantitative estimate of drug-likeness (QED) is 0.835. The van der Waals surface area contributed by atoms with E-state index >= 15 is 0 Å². The average Bonchev–Trinajstić information content (AvgIpc) is 2.91. The van der Waals surface area contributed by atoms with Crippen LogP contribution in [0.5, 0.6) is 0 Å². The summed E-state index contributed by atoms with van der Waals surface area (Å²) in [5.74, 6) is -1.40. The van der Waals surface area contributed by atoms with Crippen LogP contribution in [0, 0.1) is 5.82 Å². The number of nitrogens with one attached hydrogen (secondary N) is 1. The number of thiophene rings is 1. The standard InChI is InChI=1S/C14H11BrFNO3S/c1-20-14(19)9-5-6-21-13(9)17-11(18)7-8-3-2-4-10(15)12(8)16/h2-6H,7H2,1H3,(H,17,18). The minimum absolute atomic E-state index is 0.121. The Morgan fingerprint density at radius 3 is 2.86 bits per heavy atom. The molecular formula is C14H11BrFNO3S. The Kier molecular flexibility index (Phi) is 5.08. The van der Waals surface area contributed by atoms with Gasteiger partial charge in [0, 0.05) is 0 Å². The van der Waals surface area contributed by atoms with Crippen LogP contribution in [-0.2, 0) is 16.0 Å². The fourth-order valence-corrected chi connectivity index (χ4v) is 2.90. The minimum Gasteiger partial charge on any atom is -0.465 e. The second kappa shape index (κ2) is 6.82. The van der Waals surface area contributed by atoms with Gasteiger partial charge < -0.3 is 10.1 Å². The van der Waals surface area contributed by atoms with Gasteiger partial charge in [0.05, 0.1) is 23.6 Å². The van der Waals surface area contributed by atoms with Crippen LogP contribution >= 0.6 is 27.3 Å². The van der Waals surface area contributed by atoms with Crippen molar-refractivity contribution >= 4 is 44.1 Å². The molecule has 110 valence electrons. The number of amides is 1. The van der Waals surface area contributed by atoms with E-state index in [2.05, 4.69) is 26.0 Å². The van der Waals surface area contributed by atoms with E-state index in [-0.39, 0.29) is 17.5 Å². The average molecular weight is 372 g/mol. The normalized spacial score (nSPS) is 10.2. The molecule has 0 unspecified atom stereocenters. The third-order valence-electron chi connectivity index (χ3n) is 2.71. The summed E-state index contributed by atoms with van der Waals surface area (Å²) in [5.41, 5.74) is 0.559. The first-order chi connectivity index (χ1) is 10.0. The van der Waals surface area contributed by atoms with E-state index in [1.807, 2.05) is 0 Å². The molecule has 0 radical (unpaired) electrons. The maximum atomic E-state index is 13.8. The molecule has 1 aromatic heterocycles. The third-order valence-corrected chi connectivity index (χ3v) is 4.15. The molecule has 1 heterocycles. The second-order valence-electron chi connectivity index (χ2n) is 4.09. The molecule has 0 aliphatic rings. The van der Waals surface area contributed by atoms with E-state index in [0.29, 0.717) is 9.47 Å². The van der Waals surface area contributed by atoms with Crippen molar-refractivity contribution in [3.8, 4) is 0 Å². The smallest absolute Gasteiger partial charge is 0.340 e. The molecule has 4 nitrogen and oxygen atoms in total. The van der Waals surface area contributed by atoms with Crippen molar-refractivity contribution < 1.29 is 18.7 Å². The van der Waals surface area contributed by atoms with E-state index < -0.39 is 17.7 Å². The lowest BCUT2D eigenvalue weighted by molar-refractivity contribution is -0.115. The lowest BCUT2D eigenvalue weighted by Crippen LogP contribution is -2.16. The van der Waals surface area contributed by atoms with Crippen molar-refractivity contribution in [3.05, 3.63) is 51.1 Å². The third kappa shape index (κ3) is 3.68. The van der Waals surface area contributed by atoms with Crippen molar-refractivity contribution in [2.24, 2.45) is 0 Å². The minimum atomic E-state index is -0.528. The summed E-state index contributed by atoms with van der Waals surface area (Å²) < 4.78 is 18.7. The number of esters is 1. The highest BCUT2D eigenvalue weighted by Crippen LogP contribution is 2.25. The highest BCUT2D eigenvalue weighted by molar-refractivity contribution is 9.10. The summed E-state index contributed by atoms with van der Waals surface area (Å²) in [6, 6.07) is 6.31. The maximum absolute atomic E-state index is 13.8. The van der Waals surface area contributed by atoms with E-state index in [4.69, 9.17) is 0 Å². The zero-order chi connectivity index (χ0) is 15.4. The fraction of sp³-hybridized carbons (Fsp3) is 0.143. The molecule has 2 rings (SSSR count). The van der Waals surface area contributed by atoms with Gasteiger partial charge in [-0.05, 0) is 39.0 Å². The van der Waals surface area contributed by atoms with Gasteiger partial charge in [0.2, 0.25) is 5.91 Å². The van der Waals surface area contributed by atoms with Crippen LogP contribution in [0.15, 0.2) is 34.1 Å². The second-order valence-corrected chi connectivity index (χ2v) is 5.86. The fourth-order valence-electron chi connectivity index (χ4n) is 1.71. The maximum Gasteiger partial charge on any atom is 0.340 e. The zero-order valence-electron chi connectivity index (χ0n) is 11.0. The van der Waals surface area contributed by atoms with Crippen LogP contribution in [0.4, 0.5) is 9.39 Å². The largest absolute Gasteiger partial charge is 0.465 e. The Morgan fingerprint density at radius 1 is 1.38 bits per heavy atom. The predicted octanol–water partition coefficient (Wildman–Crippen LogP) is 3.62. The Morgan fingerprint density at radius 2 is 2.14 bits per heavy atom. The molecule has 0 saturated heterocycles. The molecule has 2 aromatic rings. The number of hydrogen-bond acceptors (Lipinski definition) is 4. The van der Waals surface area contributed by atoms with Crippen LogP contribution in [-0.4, -0.2) is 19.0 Å². The molecule has 0 saturated carbocycles. The summed E-state index contributed by atoms with van der Waals surface area (Å²) in [6.45, 7) is 0. The Hall–Kier alpha value is -1.73. The number of anilines is 1. The highest BCUT2D eigenvalue weighted by Gasteiger charge is 2.16. The number of methoxy groups -OCH3 is 1. The molecule has 0 bridgehead atoms. The molecule has 0 atom stereocenters. The van der Waals surface area contributed by atoms with Crippen LogP contribution in [0.25, 0.3) is 0 Å². The van der Waals surface area contributed by atoms with Crippen molar-refractivity contribution in [1.82, 2.24) is 0 Å². The summed E-state index contributed by atoms with van der Waals surface area (Å²) in [6.07, 6.45) is -0.121. The van der Waals surface area contributed by atoms with Gasteiger partial charge in [-0.25, -0.2) is 9.18 Å². The van der Waals surface area contributed by atoms with Gasteiger partial charge in [0.25, 0.3) is 0 Å². The number of rotatable bonds is 4. The van der Waals surface area contributed by atoms with Crippen molar-refractivity contribution in [2.75, 3.05) is 12.4 Å². The lowest BCUT2D eigenvalue weighted by Gasteiger charge is -2.07. The number of carbonyl (C=O) groups excluding carboxylic acids is 2. The van der Waals surface area contributed by atoms with E-state index in [1.54, 1.807) is 23.6 Å². The topological polar surface area (TPSA) is 55.4 Å². The van der Waals surface area contributed by atoms with Gasteiger partial charge in [0.15, 0.2) is 0 Å². The highest BCUT2D eigenvalue weighted by atomic mass is 79.9. The first-order valence-electron chi connectivity index (χ1n) is 5.91. The van der Waals surface area contributed by atoms with E-state index in [9.17, 15) is 14.0 Å². The van der Waals surface area contributed by atoms with Crippen molar-refractivity contribution in [2.45, 2.75) is 6.42 Å². The number of benzene rings is 1. The van der Waals surface area contributed by atoms with Crippen molar-refractivity contribution in [3.63, 3.8) is 0 Å². The number of carbonyl (C=O) groups is 2. The molecule has 7 heteroatoms. The summed E-state index contributed by atoms with van der Waals surface area (Å²) in [5, 5.41) is 4.66. The van der Waals surface area contributed by atoms with Crippen molar-refractivity contribution in [1.29, 1.82) is 0 Å². The van der Waals surface area contributed by atoms with E-state index in [1.165, 1.54) is 24.5 Å². The summed E-state index contributed by atoms with van der Waals surface area (Å²) >= 11 is 4.27. The SMILES string of the molecule is COC(=O)c1ccsc1NC(=O)Cc1cccc(Br)c1F. The Balaban J connectivity index is 2.11. The van der Waals surface area contributed by atoms with Crippen LogP contribution in [0.1, 0.15) is 15.9 Å². The molecule has 0 aliphatic carbocycles. The summed E-state index contributed by atoms with van der Waals surface area (Å²) in [4.78, 5) is 23.5. The Bertz CT molecular complexity index is 687. The molecule has 21 heavy (non-hydrogen) atoms. The lowest BCUT2D eigenvalue weighted by atomic mass is 10.1. The van der Waals surface area contributed by atoms with Gasteiger partial charge in [-0.1, -0.05) is 12.1 Å². The first-order valence-corrected chi connectivity index (χ1v) is 7.58. The molecule has 0 aliphatic heterocycles. The number of hydrogen-bond donors (Lipinski definition) is 1. The molecule has 0 fully saturated rings. The first kappa shape index (κ1) is 15.7. The van der Waals surface area contributed by atoms with Gasteiger partial charge in [-0.3, -0.25) is 4.79 Å². The molecule has 1 N–H and O–H groups in total. The molecule has 1 aromatic carbocycles. The zero-order valence-corrected chi connectivity index (χ0v) is 13.4. The van der Waals surface area contributed by atoms with Crippen LogP contribution in [0.2, 0.25) is 0 Å².